The Kier molecular flexibility index (Phi) is 5.07. The van der Waals surface area contributed by atoms with Crippen LogP contribution in [0.15, 0.2) is 41.2 Å². The maximum absolute atomic E-state index is 14.0. The molecule has 1 fully saturated rings. The second-order valence-electron chi connectivity index (χ2n) is 6.93. The van der Waals surface area contributed by atoms with Gasteiger partial charge in [-0.1, -0.05) is 25.0 Å². The number of nitrogens with zero attached hydrogens (tertiary/aromatic N) is 2. The molecule has 3 rings (SSSR count). The second kappa shape index (κ2) is 7.30. The standard InChI is InChI=1S/C19H20FN3O4/c1-19(11-5-4-6-12(19)18(26)27)21-17(25)14-9-10-16(24)23(22-14)15-8-3-2-7-13(15)20/h2-3,7-10,12H,4-6,11H2,1H3,(H,21,25)(H,26,27). The Balaban J connectivity index is 1.92. The van der Waals surface area contributed by atoms with E-state index in [1.54, 1.807) is 13.0 Å². The molecular formula is C19H20FN3O4. The summed E-state index contributed by atoms with van der Waals surface area (Å²) in [6.07, 6.45) is 2.61. The Morgan fingerprint density at radius 1 is 1.26 bits per heavy atom. The molecule has 1 aliphatic carbocycles. The maximum Gasteiger partial charge on any atom is 0.308 e. The number of carbonyl (C=O) groups excluding carboxylic acids is 1. The number of amides is 1. The second-order valence-corrected chi connectivity index (χ2v) is 6.93. The fraction of sp³-hybridized carbons (Fsp3) is 0.368. The Morgan fingerprint density at radius 3 is 2.70 bits per heavy atom. The summed E-state index contributed by atoms with van der Waals surface area (Å²) in [7, 11) is 0. The Bertz CT molecular complexity index is 943. The summed E-state index contributed by atoms with van der Waals surface area (Å²) in [4.78, 5) is 36.3. The number of carboxylic acids is 1. The third kappa shape index (κ3) is 3.74. The minimum absolute atomic E-state index is 0.0653. The Labute approximate surface area is 154 Å². The predicted octanol–water partition coefficient (Wildman–Crippen LogP) is 2.13. The van der Waals surface area contributed by atoms with Crippen LogP contribution in [0.25, 0.3) is 5.69 Å². The number of aromatic nitrogens is 2. The summed E-state index contributed by atoms with van der Waals surface area (Å²) >= 11 is 0. The smallest absolute Gasteiger partial charge is 0.308 e. The van der Waals surface area contributed by atoms with Crippen molar-refractivity contribution in [2.75, 3.05) is 0 Å². The normalized spacial score (nSPS) is 22.2. The SMILES string of the molecule is CC1(NC(=O)c2ccc(=O)n(-c3ccccc3F)n2)CCCCC1C(=O)O. The quantitative estimate of drug-likeness (QED) is 0.855. The van der Waals surface area contributed by atoms with Crippen LogP contribution < -0.4 is 10.9 Å². The number of para-hydroxylation sites is 1. The van der Waals surface area contributed by atoms with Gasteiger partial charge in [-0.05, 0) is 38.0 Å². The molecule has 2 N–H and O–H groups in total. The van der Waals surface area contributed by atoms with Gasteiger partial charge in [0, 0.05) is 6.07 Å². The molecule has 2 unspecified atom stereocenters. The van der Waals surface area contributed by atoms with Crippen LogP contribution in [0.2, 0.25) is 0 Å². The first-order valence-corrected chi connectivity index (χ1v) is 8.72. The van der Waals surface area contributed by atoms with Gasteiger partial charge in [-0.2, -0.15) is 9.78 Å². The Morgan fingerprint density at radius 2 is 2.00 bits per heavy atom. The van der Waals surface area contributed by atoms with Gasteiger partial charge in [0.25, 0.3) is 11.5 Å². The zero-order valence-electron chi connectivity index (χ0n) is 14.8. The molecule has 1 aromatic heterocycles. The highest BCUT2D eigenvalue weighted by atomic mass is 19.1. The van der Waals surface area contributed by atoms with E-state index in [1.165, 1.54) is 24.3 Å². The van der Waals surface area contributed by atoms with Gasteiger partial charge in [-0.25, -0.2) is 4.39 Å². The highest BCUT2D eigenvalue weighted by Gasteiger charge is 2.42. The lowest BCUT2D eigenvalue weighted by Gasteiger charge is -2.39. The minimum atomic E-state index is -0.957. The van der Waals surface area contributed by atoms with Gasteiger partial charge in [0.1, 0.15) is 17.2 Å². The van der Waals surface area contributed by atoms with Gasteiger partial charge < -0.3 is 10.4 Å². The third-order valence-electron chi connectivity index (χ3n) is 5.02. The highest BCUT2D eigenvalue weighted by molar-refractivity contribution is 5.93. The third-order valence-corrected chi connectivity index (χ3v) is 5.02. The Hall–Kier alpha value is -3.03. The molecule has 27 heavy (non-hydrogen) atoms. The van der Waals surface area contributed by atoms with Gasteiger partial charge in [-0.3, -0.25) is 14.4 Å². The number of halogens is 1. The largest absolute Gasteiger partial charge is 0.481 e. The van der Waals surface area contributed by atoms with E-state index in [0.29, 0.717) is 12.8 Å². The molecule has 0 saturated heterocycles. The van der Waals surface area contributed by atoms with Crippen molar-refractivity contribution in [2.24, 2.45) is 5.92 Å². The van der Waals surface area contributed by atoms with Crippen LogP contribution in [0.4, 0.5) is 4.39 Å². The average Bonchev–Trinajstić information content (AvgIpc) is 2.62. The summed E-state index contributed by atoms with van der Waals surface area (Å²) in [5, 5.41) is 16.2. The number of nitrogens with one attached hydrogen (secondary N) is 1. The molecule has 0 spiro atoms. The summed E-state index contributed by atoms with van der Waals surface area (Å²) in [5.74, 6) is -2.90. The summed E-state index contributed by atoms with van der Waals surface area (Å²) in [5.41, 5.74) is -1.65. The molecule has 0 radical (unpaired) electrons. The first-order chi connectivity index (χ1) is 12.8. The van der Waals surface area contributed by atoms with Crippen molar-refractivity contribution in [1.82, 2.24) is 15.1 Å². The number of carboxylic acid groups (broad SMARTS) is 1. The molecule has 0 bridgehead atoms. The summed E-state index contributed by atoms with van der Waals surface area (Å²) < 4.78 is 14.8. The lowest BCUT2D eigenvalue weighted by molar-refractivity contribution is -0.145. The maximum atomic E-state index is 14.0. The van der Waals surface area contributed by atoms with Crippen LogP contribution in [0, 0.1) is 11.7 Å². The summed E-state index contributed by atoms with van der Waals surface area (Å²) in [6, 6.07) is 7.99. The molecule has 1 aromatic carbocycles. The van der Waals surface area contributed by atoms with E-state index in [2.05, 4.69) is 10.4 Å². The number of aliphatic carboxylic acids is 1. The van der Waals surface area contributed by atoms with Crippen molar-refractivity contribution in [1.29, 1.82) is 0 Å². The van der Waals surface area contributed by atoms with Crippen LogP contribution in [0.5, 0.6) is 0 Å². The first kappa shape index (κ1) is 18.8. The fourth-order valence-corrected chi connectivity index (χ4v) is 3.53. The van der Waals surface area contributed by atoms with Crippen molar-refractivity contribution in [3.05, 3.63) is 58.3 Å². The number of carbonyl (C=O) groups is 2. The molecular weight excluding hydrogens is 353 g/mol. The molecule has 0 aliphatic heterocycles. The molecule has 8 heteroatoms. The van der Waals surface area contributed by atoms with Gasteiger partial charge in [0.05, 0.1) is 11.5 Å². The van der Waals surface area contributed by atoms with Crippen LogP contribution in [-0.4, -0.2) is 32.3 Å². The van der Waals surface area contributed by atoms with Crippen LogP contribution in [0.1, 0.15) is 43.1 Å². The van der Waals surface area contributed by atoms with E-state index in [1.807, 2.05) is 0 Å². The molecule has 2 atom stereocenters. The van der Waals surface area contributed by atoms with Gasteiger partial charge in [0.2, 0.25) is 0 Å². The fourth-order valence-electron chi connectivity index (χ4n) is 3.53. The number of benzene rings is 1. The lowest BCUT2D eigenvalue weighted by Crippen LogP contribution is -2.55. The number of rotatable bonds is 4. The zero-order chi connectivity index (χ0) is 19.6. The van der Waals surface area contributed by atoms with Crippen LogP contribution in [0.3, 0.4) is 0 Å². The van der Waals surface area contributed by atoms with Crippen LogP contribution in [-0.2, 0) is 4.79 Å². The van der Waals surface area contributed by atoms with E-state index >= 15 is 0 Å². The van der Waals surface area contributed by atoms with Crippen molar-refractivity contribution < 1.29 is 19.1 Å². The average molecular weight is 373 g/mol. The molecule has 1 amide bonds. The molecule has 2 aromatic rings. The summed E-state index contributed by atoms with van der Waals surface area (Å²) in [6.45, 7) is 1.70. The van der Waals surface area contributed by atoms with Crippen molar-refractivity contribution >= 4 is 11.9 Å². The van der Waals surface area contributed by atoms with Crippen molar-refractivity contribution in [3.63, 3.8) is 0 Å². The molecule has 1 aliphatic rings. The molecule has 142 valence electrons. The number of hydrogen-bond donors (Lipinski definition) is 2. The van der Waals surface area contributed by atoms with Crippen LogP contribution >= 0.6 is 0 Å². The van der Waals surface area contributed by atoms with Gasteiger partial charge in [0.15, 0.2) is 0 Å². The minimum Gasteiger partial charge on any atom is -0.481 e. The van der Waals surface area contributed by atoms with E-state index in [4.69, 9.17) is 0 Å². The van der Waals surface area contributed by atoms with Gasteiger partial charge in [-0.15, -0.1) is 0 Å². The first-order valence-electron chi connectivity index (χ1n) is 8.72. The van der Waals surface area contributed by atoms with E-state index in [-0.39, 0.29) is 11.4 Å². The lowest BCUT2D eigenvalue weighted by atomic mass is 9.74. The highest BCUT2D eigenvalue weighted by Crippen LogP contribution is 2.34. The monoisotopic (exact) mass is 373 g/mol. The van der Waals surface area contributed by atoms with Crippen molar-refractivity contribution in [2.45, 2.75) is 38.1 Å². The molecule has 1 saturated carbocycles. The van der Waals surface area contributed by atoms with E-state index in [0.717, 1.165) is 23.6 Å². The zero-order valence-corrected chi connectivity index (χ0v) is 14.8. The number of hydrogen-bond acceptors (Lipinski definition) is 4. The molecule has 1 heterocycles. The van der Waals surface area contributed by atoms with Crippen molar-refractivity contribution in [3.8, 4) is 5.69 Å². The predicted molar refractivity (Wildman–Crippen MR) is 95.3 cm³/mol. The van der Waals surface area contributed by atoms with Gasteiger partial charge >= 0.3 is 5.97 Å². The van der Waals surface area contributed by atoms with E-state index < -0.39 is 34.7 Å². The van der Waals surface area contributed by atoms with E-state index in [9.17, 15) is 23.9 Å². The molecule has 7 nitrogen and oxygen atoms in total. The topological polar surface area (TPSA) is 101 Å².